The second-order valence-corrected chi connectivity index (χ2v) is 4.79. The zero-order chi connectivity index (χ0) is 11.7. The largest absolute Gasteiger partial charge is 0.373 e. The molecule has 0 saturated heterocycles. The highest BCUT2D eigenvalue weighted by atomic mass is 79.9. The van der Waals surface area contributed by atoms with Gasteiger partial charge in [-0.25, -0.2) is 4.98 Å². The van der Waals surface area contributed by atoms with E-state index in [0.29, 0.717) is 0 Å². The molecule has 0 unspecified atom stereocenters. The maximum absolute atomic E-state index is 6.17. The van der Waals surface area contributed by atoms with Crippen LogP contribution in [0.1, 0.15) is 12.5 Å². The van der Waals surface area contributed by atoms with Gasteiger partial charge in [0.05, 0.1) is 10.5 Å². The molecule has 0 radical (unpaired) electrons. The molecule has 0 bridgehead atoms. The van der Waals surface area contributed by atoms with Gasteiger partial charge in [0.2, 0.25) is 0 Å². The molecular formula is C12H12BrClN2. The zero-order valence-corrected chi connectivity index (χ0v) is 11.5. The van der Waals surface area contributed by atoms with Gasteiger partial charge in [0.15, 0.2) is 0 Å². The lowest BCUT2D eigenvalue weighted by Gasteiger charge is -2.10. The second kappa shape index (κ2) is 4.60. The van der Waals surface area contributed by atoms with E-state index in [1.165, 1.54) is 5.56 Å². The fourth-order valence-corrected chi connectivity index (χ4v) is 2.36. The predicted molar refractivity (Wildman–Crippen MR) is 73.4 cm³/mol. The Kier molecular flexibility index (Phi) is 3.36. The van der Waals surface area contributed by atoms with Gasteiger partial charge in [-0.3, -0.25) is 0 Å². The van der Waals surface area contributed by atoms with Crippen molar-refractivity contribution in [2.45, 2.75) is 13.3 Å². The molecule has 0 atom stereocenters. The third kappa shape index (κ3) is 1.89. The maximum atomic E-state index is 6.17. The van der Waals surface area contributed by atoms with E-state index >= 15 is 0 Å². The first-order chi connectivity index (χ1) is 7.67. The van der Waals surface area contributed by atoms with Gasteiger partial charge < -0.3 is 5.32 Å². The third-order valence-electron chi connectivity index (χ3n) is 2.58. The molecule has 84 valence electrons. The molecule has 0 spiro atoms. The van der Waals surface area contributed by atoms with Crippen molar-refractivity contribution in [2.75, 3.05) is 12.4 Å². The van der Waals surface area contributed by atoms with E-state index in [0.717, 1.165) is 32.6 Å². The van der Waals surface area contributed by atoms with Crippen molar-refractivity contribution in [2.24, 2.45) is 0 Å². The molecular weight excluding hydrogens is 288 g/mol. The Bertz CT molecular complexity index is 492. The summed E-state index contributed by atoms with van der Waals surface area (Å²) in [4.78, 5) is 4.58. The third-order valence-corrected chi connectivity index (χ3v) is 3.55. The summed E-state index contributed by atoms with van der Waals surface area (Å²) in [6, 6.07) is 5.90. The van der Waals surface area contributed by atoms with Crippen molar-refractivity contribution in [3.8, 4) is 0 Å². The highest BCUT2D eigenvalue weighted by Crippen LogP contribution is 2.31. The summed E-state index contributed by atoms with van der Waals surface area (Å²) in [5.41, 5.74) is 2.07. The summed E-state index contributed by atoms with van der Waals surface area (Å²) < 4.78 is 0.964. The van der Waals surface area contributed by atoms with Gasteiger partial charge in [0.25, 0.3) is 0 Å². The van der Waals surface area contributed by atoms with E-state index < -0.39 is 0 Å². The maximum Gasteiger partial charge on any atom is 0.129 e. The number of benzene rings is 1. The lowest BCUT2D eigenvalue weighted by molar-refractivity contribution is 1.11. The first-order valence-electron chi connectivity index (χ1n) is 5.12. The van der Waals surface area contributed by atoms with Gasteiger partial charge in [-0.05, 0) is 46.1 Å². The number of rotatable bonds is 2. The number of nitrogens with one attached hydrogen (secondary N) is 1. The van der Waals surface area contributed by atoms with Gasteiger partial charge in [-0.15, -0.1) is 0 Å². The summed E-state index contributed by atoms with van der Waals surface area (Å²) in [6.07, 6.45) is 0.932. The Morgan fingerprint density at radius 2 is 2.19 bits per heavy atom. The fraction of sp³-hybridized carbons (Fsp3) is 0.250. The predicted octanol–water partition coefficient (Wildman–Crippen LogP) is 4.25. The summed E-state index contributed by atoms with van der Waals surface area (Å²) in [5, 5.41) is 4.84. The van der Waals surface area contributed by atoms with Crippen LogP contribution in [0.25, 0.3) is 10.9 Å². The van der Waals surface area contributed by atoms with Crippen LogP contribution in [0.3, 0.4) is 0 Å². The fourth-order valence-electron chi connectivity index (χ4n) is 1.72. The molecule has 2 aromatic rings. The standard InChI is InChI=1S/C12H12BrClN2/c1-3-7-6-8-10(14)5-4-9(13)11(8)16-12(7)15-2/h4-6H,3H2,1-2H3,(H,15,16). The summed E-state index contributed by atoms with van der Waals surface area (Å²) in [6.45, 7) is 2.11. The van der Waals surface area contributed by atoms with Gasteiger partial charge >= 0.3 is 0 Å². The number of pyridine rings is 1. The number of hydrogen-bond acceptors (Lipinski definition) is 2. The molecule has 16 heavy (non-hydrogen) atoms. The molecule has 1 N–H and O–H groups in total. The zero-order valence-electron chi connectivity index (χ0n) is 9.14. The van der Waals surface area contributed by atoms with Crippen LogP contribution < -0.4 is 5.32 Å². The topological polar surface area (TPSA) is 24.9 Å². The van der Waals surface area contributed by atoms with E-state index in [1.54, 1.807) is 0 Å². The number of aromatic nitrogens is 1. The lowest BCUT2D eigenvalue weighted by atomic mass is 10.1. The van der Waals surface area contributed by atoms with E-state index in [4.69, 9.17) is 11.6 Å². The molecule has 1 heterocycles. The molecule has 2 rings (SSSR count). The number of nitrogens with zero attached hydrogens (tertiary/aromatic N) is 1. The molecule has 0 fully saturated rings. The lowest BCUT2D eigenvalue weighted by Crippen LogP contribution is -1.98. The number of anilines is 1. The average molecular weight is 300 g/mol. The summed E-state index contributed by atoms with van der Waals surface area (Å²) >= 11 is 9.66. The van der Waals surface area contributed by atoms with Crippen LogP contribution in [0, 0.1) is 0 Å². The number of aryl methyl sites for hydroxylation is 1. The Morgan fingerprint density at radius 1 is 1.44 bits per heavy atom. The molecule has 0 aliphatic heterocycles. The minimum Gasteiger partial charge on any atom is -0.373 e. The van der Waals surface area contributed by atoms with Crippen molar-refractivity contribution >= 4 is 44.3 Å². The smallest absolute Gasteiger partial charge is 0.129 e. The Balaban J connectivity index is 2.82. The van der Waals surface area contributed by atoms with Crippen LogP contribution >= 0.6 is 27.5 Å². The average Bonchev–Trinajstić information content (AvgIpc) is 2.32. The van der Waals surface area contributed by atoms with E-state index in [2.05, 4.69) is 39.2 Å². The Morgan fingerprint density at radius 3 is 2.81 bits per heavy atom. The molecule has 0 aliphatic carbocycles. The molecule has 0 aliphatic rings. The first-order valence-corrected chi connectivity index (χ1v) is 6.29. The summed E-state index contributed by atoms with van der Waals surface area (Å²) in [5.74, 6) is 0.915. The van der Waals surface area contributed by atoms with Crippen LogP contribution in [-0.4, -0.2) is 12.0 Å². The van der Waals surface area contributed by atoms with Gasteiger partial charge in [0.1, 0.15) is 5.82 Å². The van der Waals surface area contributed by atoms with Crippen molar-refractivity contribution in [3.63, 3.8) is 0 Å². The minimum atomic E-state index is 0.739. The number of halogens is 2. The molecule has 0 amide bonds. The Labute approximate surface area is 108 Å². The monoisotopic (exact) mass is 298 g/mol. The van der Waals surface area contributed by atoms with E-state index in [1.807, 2.05) is 19.2 Å². The quantitative estimate of drug-likeness (QED) is 0.896. The van der Waals surface area contributed by atoms with Crippen LogP contribution in [0.2, 0.25) is 5.02 Å². The van der Waals surface area contributed by atoms with Crippen LogP contribution in [0.4, 0.5) is 5.82 Å². The van der Waals surface area contributed by atoms with Crippen LogP contribution in [0.15, 0.2) is 22.7 Å². The molecule has 1 aromatic carbocycles. The highest BCUT2D eigenvalue weighted by Gasteiger charge is 2.09. The van der Waals surface area contributed by atoms with Crippen molar-refractivity contribution in [1.82, 2.24) is 4.98 Å². The molecule has 2 nitrogen and oxygen atoms in total. The number of hydrogen-bond donors (Lipinski definition) is 1. The van der Waals surface area contributed by atoms with Gasteiger partial charge in [-0.2, -0.15) is 0 Å². The minimum absolute atomic E-state index is 0.739. The summed E-state index contributed by atoms with van der Waals surface area (Å²) in [7, 11) is 1.88. The highest BCUT2D eigenvalue weighted by molar-refractivity contribution is 9.10. The normalized spacial score (nSPS) is 10.8. The molecule has 4 heteroatoms. The van der Waals surface area contributed by atoms with E-state index in [9.17, 15) is 0 Å². The van der Waals surface area contributed by atoms with E-state index in [-0.39, 0.29) is 0 Å². The second-order valence-electron chi connectivity index (χ2n) is 3.53. The van der Waals surface area contributed by atoms with Crippen molar-refractivity contribution in [3.05, 3.63) is 33.3 Å². The molecule has 0 saturated carbocycles. The van der Waals surface area contributed by atoms with Crippen LogP contribution in [0.5, 0.6) is 0 Å². The van der Waals surface area contributed by atoms with Crippen molar-refractivity contribution in [1.29, 1.82) is 0 Å². The molecule has 1 aromatic heterocycles. The Hall–Kier alpha value is -0.800. The van der Waals surface area contributed by atoms with Crippen LogP contribution in [-0.2, 0) is 6.42 Å². The van der Waals surface area contributed by atoms with Crippen molar-refractivity contribution < 1.29 is 0 Å². The van der Waals surface area contributed by atoms with Gasteiger partial charge in [0, 0.05) is 16.9 Å². The number of fused-ring (bicyclic) bond motifs is 1. The first kappa shape index (κ1) is 11.7. The SMILES string of the molecule is CCc1cc2c(Cl)ccc(Br)c2nc1NC. The van der Waals surface area contributed by atoms with Gasteiger partial charge in [-0.1, -0.05) is 18.5 Å².